The van der Waals surface area contributed by atoms with Crippen molar-refractivity contribution in [1.29, 1.82) is 0 Å². The highest BCUT2D eigenvalue weighted by Gasteiger charge is 2.10. The molecule has 0 aliphatic carbocycles. The van der Waals surface area contributed by atoms with Crippen LogP contribution < -0.4 is 10.2 Å². The third-order valence-corrected chi connectivity index (χ3v) is 3.84. The van der Waals surface area contributed by atoms with Gasteiger partial charge in [0.1, 0.15) is 0 Å². The van der Waals surface area contributed by atoms with E-state index >= 15 is 0 Å². The van der Waals surface area contributed by atoms with E-state index < -0.39 is 0 Å². The standard InChI is InChI=1S/C16H18N2O2S/c1-18(14-6-3-2-4-7-14)15(19)8-5-10-17-16(20)13-9-11-21-12-13/h2-4,6-7,9,11-12H,5,8,10H2,1H3,(H,17,20). The minimum atomic E-state index is -0.0832. The van der Waals surface area contributed by atoms with Gasteiger partial charge < -0.3 is 10.2 Å². The van der Waals surface area contributed by atoms with Crippen molar-refractivity contribution < 1.29 is 9.59 Å². The number of nitrogens with zero attached hydrogens (tertiary/aromatic N) is 1. The zero-order chi connectivity index (χ0) is 15.1. The summed E-state index contributed by atoms with van der Waals surface area (Å²) in [4.78, 5) is 25.4. The van der Waals surface area contributed by atoms with Gasteiger partial charge in [0.05, 0.1) is 0 Å². The molecule has 0 fully saturated rings. The second-order valence-electron chi connectivity index (χ2n) is 4.66. The van der Waals surface area contributed by atoms with Crippen molar-refractivity contribution in [2.45, 2.75) is 12.8 Å². The van der Waals surface area contributed by atoms with Crippen molar-refractivity contribution in [3.05, 3.63) is 52.7 Å². The van der Waals surface area contributed by atoms with Gasteiger partial charge in [0.15, 0.2) is 0 Å². The summed E-state index contributed by atoms with van der Waals surface area (Å²) in [6.07, 6.45) is 1.04. The SMILES string of the molecule is CN(C(=O)CCCNC(=O)c1ccsc1)c1ccccc1. The average molecular weight is 302 g/mol. The van der Waals surface area contributed by atoms with E-state index in [9.17, 15) is 9.59 Å². The fourth-order valence-electron chi connectivity index (χ4n) is 1.90. The molecule has 1 N–H and O–H groups in total. The minimum absolute atomic E-state index is 0.0472. The smallest absolute Gasteiger partial charge is 0.252 e. The second-order valence-corrected chi connectivity index (χ2v) is 5.44. The molecule has 0 radical (unpaired) electrons. The van der Waals surface area contributed by atoms with Crippen LogP contribution in [-0.4, -0.2) is 25.4 Å². The summed E-state index contributed by atoms with van der Waals surface area (Å²) in [5.74, 6) is -0.0360. The highest BCUT2D eigenvalue weighted by molar-refractivity contribution is 7.08. The van der Waals surface area contributed by atoms with E-state index in [4.69, 9.17) is 0 Å². The van der Waals surface area contributed by atoms with Crippen LogP contribution in [0.4, 0.5) is 5.69 Å². The quantitative estimate of drug-likeness (QED) is 0.834. The summed E-state index contributed by atoms with van der Waals surface area (Å²) in [6.45, 7) is 0.503. The fourth-order valence-corrected chi connectivity index (χ4v) is 2.54. The van der Waals surface area contributed by atoms with Crippen molar-refractivity contribution >= 4 is 28.8 Å². The molecule has 0 atom stereocenters. The number of benzene rings is 1. The fraction of sp³-hybridized carbons (Fsp3) is 0.250. The summed E-state index contributed by atoms with van der Waals surface area (Å²) in [7, 11) is 1.77. The largest absolute Gasteiger partial charge is 0.352 e. The number of para-hydroxylation sites is 1. The molecule has 21 heavy (non-hydrogen) atoms. The molecule has 0 saturated carbocycles. The molecule has 2 amide bonds. The molecule has 0 aliphatic heterocycles. The number of carbonyl (C=O) groups is 2. The Balaban J connectivity index is 1.71. The van der Waals surface area contributed by atoms with Crippen LogP contribution in [0, 0.1) is 0 Å². The van der Waals surface area contributed by atoms with Gasteiger partial charge in [-0.1, -0.05) is 18.2 Å². The average Bonchev–Trinajstić information content (AvgIpc) is 3.05. The summed E-state index contributed by atoms with van der Waals surface area (Å²) in [5, 5.41) is 6.49. The maximum Gasteiger partial charge on any atom is 0.252 e. The minimum Gasteiger partial charge on any atom is -0.352 e. The first-order valence-corrected chi connectivity index (χ1v) is 7.75. The molecule has 1 aromatic heterocycles. The molecule has 5 heteroatoms. The van der Waals surface area contributed by atoms with Crippen LogP contribution in [0.25, 0.3) is 0 Å². The van der Waals surface area contributed by atoms with Gasteiger partial charge >= 0.3 is 0 Å². The Labute approximate surface area is 128 Å². The number of hydrogen-bond donors (Lipinski definition) is 1. The van der Waals surface area contributed by atoms with Crippen molar-refractivity contribution in [3.8, 4) is 0 Å². The third kappa shape index (κ3) is 4.43. The van der Waals surface area contributed by atoms with Crippen LogP contribution in [0.2, 0.25) is 0 Å². The number of nitrogens with one attached hydrogen (secondary N) is 1. The lowest BCUT2D eigenvalue weighted by atomic mass is 10.2. The number of thiophene rings is 1. The lowest BCUT2D eigenvalue weighted by molar-refractivity contribution is -0.118. The lowest BCUT2D eigenvalue weighted by Gasteiger charge is -2.17. The van der Waals surface area contributed by atoms with Gasteiger partial charge in [-0.15, -0.1) is 0 Å². The Morgan fingerprint density at radius 2 is 1.95 bits per heavy atom. The Bertz CT molecular complexity index is 582. The molecule has 1 heterocycles. The zero-order valence-corrected chi connectivity index (χ0v) is 12.7. The summed E-state index contributed by atoms with van der Waals surface area (Å²) in [6, 6.07) is 11.3. The van der Waals surface area contributed by atoms with Gasteiger partial charge in [-0.2, -0.15) is 11.3 Å². The third-order valence-electron chi connectivity index (χ3n) is 3.15. The number of hydrogen-bond acceptors (Lipinski definition) is 3. The van der Waals surface area contributed by atoms with E-state index in [0.717, 1.165) is 5.69 Å². The van der Waals surface area contributed by atoms with Gasteiger partial charge in [-0.05, 0) is 30.0 Å². The molecular formula is C16H18N2O2S. The highest BCUT2D eigenvalue weighted by Crippen LogP contribution is 2.12. The zero-order valence-electron chi connectivity index (χ0n) is 11.9. The Kier molecular flexibility index (Phi) is 5.51. The monoisotopic (exact) mass is 302 g/mol. The predicted octanol–water partition coefficient (Wildman–Crippen LogP) is 2.92. The summed E-state index contributed by atoms with van der Waals surface area (Å²) in [5.41, 5.74) is 1.55. The van der Waals surface area contributed by atoms with Crippen molar-refractivity contribution in [2.75, 3.05) is 18.5 Å². The first-order chi connectivity index (χ1) is 10.2. The number of carbonyl (C=O) groups excluding carboxylic acids is 2. The molecular weight excluding hydrogens is 284 g/mol. The number of rotatable bonds is 6. The van der Waals surface area contributed by atoms with E-state index in [2.05, 4.69) is 5.32 Å². The molecule has 0 unspecified atom stereocenters. The first-order valence-electron chi connectivity index (χ1n) is 6.80. The Morgan fingerprint density at radius 1 is 1.19 bits per heavy atom. The second kappa shape index (κ2) is 7.59. The van der Waals surface area contributed by atoms with Gasteiger partial charge in [-0.25, -0.2) is 0 Å². The summed E-state index contributed by atoms with van der Waals surface area (Å²) >= 11 is 1.49. The molecule has 4 nitrogen and oxygen atoms in total. The van der Waals surface area contributed by atoms with Crippen LogP contribution in [0.15, 0.2) is 47.2 Å². The maximum atomic E-state index is 12.0. The van der Waals surface area contributed by atoms with Crippen molar-refractivity contribution in [3.63, 3.8) is 0 Å². The van der Waals surface area contributed by atoms with Gasteiger partial charge in [0, 0.05) is 36.6 Å². The van der Waals surface area contributed by atoms with E-state index in [0.29, 0.717) is 24.9 Å². The van der Waals surface area contributed by atoms with E-state index in [-0.39, 0.29) is 11.8 Å². The number of anilines is 1. The van der Waals surface area contributed by atoms with Crippen LogP contribution in [0.1, 0.15) is 23.2 Å². The predicted molar refractivity (Wildman–Crippen MR) is 85.7 cm³/mol. The molecule has 1 aromatic carbocycles. The Morgan fingerprint density at radius 3 is 2.62 bits per heavy atom. The van der Waals surface area contributed by atoms with Gasteiger partial charge in [0.2, 0.25) is 5.91 Å². The normalized spacial score (nSPS) is 10.1. The maximum absolute atomic E-state index is 12.0. The highest BCUT2D eigenvalue weighted by atomic mass is 32.1. The van der Waals surface area contributed by atoms with Crippen molar-refractivity contribution in [2.24, 2.45) is 0 Å². The van der Waals surface area contributed by atoms with Crippen LogP contribution in [-0.2, 0) is 4.79 Å². The topological polar surface area (TPSA) is 49.4 Å². The van der Waals surface area contributed by atoms with E-state index in [1.165, 1.54) is 11.3 Å². The Hall–Kier alpha value is -2.14. The summed E-state index contributed by atoms with van der Waals surface area (Å²) < 4.78 is 0. The molecule has 2 rings (SSSR count). The van der Waals surface area contributed by atoms with Crippen LogP contribution in [0.3, 0.4) is 0 Å². The molecule has 2 aromatic rings. The van der Waals surface area contributed by atoms with Crippen LogP contribution in [0.5, 0.6) is 0 Å². The first kappa shape index (κ1) is 15.3. The lowest BCUT2D eigenvalue weighted by Crippen LogP contribution is -2.28. The van der Waals surface area contributed by atoms with Gasteiger partial charge in [0.25, 0.3) is 5.91 Å². The van der Waals surface area contributed by atoms with E-state index in [1.54, 1.807) is 18.0 Å². The van der Waals surface area contributed by atoms with Gasteiger partial charge in [-0.3, -0.25) is 9.59 Å². The van der Waals surface area contributed by atoms with E-state index in [1.807, 2.05) is 41.1 Å². The number of amides is 2. The molecule has 0 spiro atoms. The molecule has 0 bridgehead atoms. The molecule has 0 saturated heterocycles. The van der Waals surface area contributed by atoms with Crippen molar-refractivity contribution in [1.82, 2.24) is 5.32 Å². The molecule has 0 aliphatic rings. The van der Waals surface area contributed by atoms with Crippen LogP contribution >= 0.6 is 11.3 Å². The molecule has 110 valence electrons.